The van der Waals surface area contributed by atoms with Gasteiger partial charge in [0.25, 0.3) is 0 Å². The molecular weight excluding hydrogens is 356 g/mol. The number of benzene rings is 2. The number of halogens is 1. The van der Waals surface area contributed by atoms with Crippen molar-refractivity contribution < 1.29 is 9.90 Å². The first-order valence-corrected chi connectivity index (χ1v) is 9.76. The van der Waals surface area contributed by atoms with E-state index in [1.54, 1.807) is 12.1 Å². The van der Waals surface area contributed by atoms with Crippen molar-refractivity contribution in [1.29, 1.82) is 0 Å². The third kappa shape index (κ3) is 3.82. The van der Waals surface area contributed by atoms with E-state index in [-0.39, 0.29) is 10.8 Å². The van der Waals surface area contributed by atoms with Crippen LogP contribution < -0.4 is 0 Å². The third-order valence-electron chi connectivity index (χ3n) is 5.91. The Kier molecular flexibility index (Phi) is 4.98. The van der Waals surface area contributed by atoms with Gasteiger partial charge < -0.3 is 5.11 Å². The average molecular weight is 383 g/mol. The summed E-state index contributed by atoms with van der Waals surface area (Å²) < 4.78 is 0. The summed E-state index contributed by atoms with van der Waals surface area (Å²) in [6.07, 6.45) is 4.38. The molecule has 3 heteroatoms. The van der Waals surface area contributed by atoms with Gasteiger partial charge in [0.05, 0.1) is 5.56 Å². The summed E-state index contributed by atoms with van der Waals surface area (Å²) in [6.45, 7) is 11.3. The molecule has 1 aliphatic rings. The monoisotopic (exact) mass is 382 g/mol. The van der Waals surface area contributed by atoms with Gasteiger partial charge in [-0.2, -0.15) is 0 Å². The lowest BCUT2D eigenvalue weighted by Crippen LogP contribution is -2.34. The lowest BCUT2D eigenvalue weighted by Gasteiger charge is -2.42. The van der Waals surface area contributed by atoms with Crippen LogP contribution >= 0.6 is 11.6 Å². The van der Waals surface area contributed by atoms with Gasteiger partial charge in [-0.15, -0.1) is 0 Å². The van der Waals surface area contributed by atoms with E-state index < -0.39 is 5.97 Å². The number of carboxylic acid groups (broad SMARTS) is 1. The van der Waals surface area contributed by atoms with Gasteiger partial charge in [0.2, 0.25) is 0 Å². The summed E-state index contributed by atoms with van der Waals surface area (Å²) in [7, 11) is 0. The van der Waals surface area contributed by atoms with Gasteiger partial charge in [-0.25, -0.2) is 4.79 Å². The van der Waals surface area contributed by atoms with Crippen molar-refractivity contribution in [2.45, 2.75) is 58.3 Å². The zero-order valence-corrected chi connectivity index (χ0v) is 17.4. The molecular formula is C24H27ClO2. The molecule has 3 rings (SSSR count). The van der Waals surface area contributed by atoms with E-state index in [0.29, 0.717) is 5.56 Å². The van der Waals surface area contributed by atoms with Gasteiger partial charge in [0.15, 0.2) is 0 Å². The quantitative estimate of drug-likeness (QED) is 0.583. The molecule has 2 aromatic rings. The Morgan fingerprint density at radius 3 is 2.04 bits per heavy atom. The number of aromatic carboxylic acids is 1. The molecule has 2 nitrogen and oxygen atoms in total. The molecule has 0 radical (unpaired) electrons. The van der Waals surface area contributed by atoms with E-state index in [1.165, 1.54) is 11.1 Å². The van der Waals surface area contributed by atoms with Gasteiger partial charge in [-0.05, 0) is 82.7 Å². The molecule has 0 atom stereocenters. The summed E-state index contributed by atoms with van der Waals surface area (Å²) in [6, 6.07) is 11.3. The standard InChI is InChI=1S/C24H27ClO2/c1-15(12-16-6-8-17(9-7-16)22(26)27)18-13-19-20(14-21(18)25)24(4,5)11-10-23(19,2)3/h6-9,12-14H,10-11H2,1-5H3,(H,26,27)/b15-12+. The number of carboxylic acids is 1. The van der Waals surface area contributed by atoms with Gasteiger partial charge in [-0.3, -0.25) is 0 Å². The van der Waals surface area contributed by atoms with E-state index in [2.05, 4.69) is 52.8 Å². The molecule has 0 spiro atoms. The minimum Gasteiger partial charge on any atom is -0.478 e. The molecule has 0 heterocycles. The van der Waals surface area contributed by atoms with Crippen molar-refractivity contribution in [3.05, 3.63) is 69.2 Å². The highest BCUT2D eigenvalue weighted by Gasteiger charge is 2.37. The Hall–Kier alpha value is -2.06. The largest absolute Gasteiger partial charge is 0.478 e. The average Bonchev–Trinajstić information content (AvgIpc) is 2.59. The molecule has 1 aliphatic carbocycles. The molecule has 0 aromatic heterocycles. The maximum atomic E-state index is 11.0. The van der Waals surface area contributed by atoms with Crippen molar-refractivity contribution in [2.24, 2.45) is 0 Å². The number of allylic oxidation sites excluding steroid dienone is 1. The van der Waals surface area contributed by atoms with Crippen LogP contribution in [0.4, 0.5) is 0 Å². The zero-order chi connectivity index (χ0) is 20.0. The summed E-state index contributed by atoms with van der Waals surface area (Å²) in [4.78, 5) is 11.0. The fourth-order valence-electron chi connectivity index (χ4n) is 3.94. The second-order valence-electron chi connectivity index (χ2n) is 8.90. The molecule has 0 saturated heterocycles. The highest BCUT2D eigenvalue weighted by molar-refractivity contribution is 6.32. The Morgan fingerprint density at radius 1 is 1.00 bits per heavy atom. The first-order chi connectivity index (χ1) is 12.5. The lowest BCUT2D eigenvalue weighted by molar-refractivity contribution is 0.0697. The highest BCUT2D eigenvalue weighted by atomic mass is 35.5. The number of hydrogen-bond donors (Lipinski definition) is 1. The predicted molar refractivity (Wildman–Crippen MR) is 114 cm³/mol. The number of hydrogen-bond acceptors (Lipinski definition) is 1. The molecule has 0 aliphatic heterocycles. The Morgan fingerprint density at radius 2 is 1.52 bits per heavy atom. The minimum absolute atomic E-state index is 0.133. The molecule has 2 aromatic carbocycles. The summed E-state index contributed by atoms with van der Waals surface area (Å²) in [5.41, 5.74) is 6.38. The maximum absolute atomic E-state index is 11.0. The van der Waals surface area contributed by atoms with Crippen LogP contribution in [0, 0.1) is 0 Å². The van der Waals surface area contributed by atoms with E-state index >= 15 is 0 Å². The molecule has 142 valence electrons. The van der Waals surface area contributed by atoms with Gasteiger partial charge in [0.1, 0.15) is 0 Å². The SMILES string of the molecule is C/C(=C\c1ccc(C(=O)O)cc1)c1cc2c(cc1Cl)C(C)(C)CCC2(C)C. The van der Waals surface area contributed by atoms with Gasteiger partial charge in [-0.1, -0.05) is 57.5 Å². The Bertz CT molecular complexity index is 918. The normalized spacial score (nSPS) is 18.1. The van der Waals surface area contributed by atoms with E-state index in [1.807, 2.05) is 12.1 Å². The van der Waals surface area contributed by atoms with Crippen molar-refractivity contribution in [1.82, 2.24) is 0 Å². The van der Waals surface area contributed by atoms with Crippen LogP contribution in [0.3, 0.4) is 0 Å². The predicted octanol–water partition coefficient (Wildman–Crippen LogP) is 6.95. The maximum Gasteiger partial charge on any atom is 0.335 e. The van der Waals surface area contributed by atoms with E-state index in [0.717, 1.165) is 34.6 Å². The molecule has 0 amide bonds. The molecule has 1 N–H and O–H groups in total. The molecule has 0 unspecified atom stereocenters. The highest BCUT2D eigenvalue weighted by Crippen LogP contribution is 2.47. The van der Waals surface area contributed by atoms with Crippen molar-refractivity contribution >= 4 is 29.2 Å². The molecule has 0 bridgehead atoms. The minimum atomic E-state index is -0.912. The fraction of sp³-hybridized carbons (Fsp3) is 0.375. The summed E-state index contributed by atoms with van der Waals surface area (Å²) >= 11 is 6.69. The fourth-order valence-corrected chi connectivity index (χ4v) is 4.25. The van der Waals surface area contributed by atoms with Crippen LogP contribution in [-0.2, 0) is 10.8 Å². The lowest BCUT2D eigenvalue weighted by atomic mass is 9.63. The second kappa shape index (κ2) is 6.83. The van der Waals surface area contributed by atoms with Crippen molar-refractivity contribution in [2.75, 3.05) is 0 Å². The third-order valence-corrected chi connectivity index (χ3v) is 6.22. The first-order valence-electron chi connectivity index (χ1n) is 9.38. The first kappa shape index (κ1) is 19.7. The zero-order valence-electron chi connectivity index (χ0n) is 16.7. The molecule has 0 fully saturated rings. The van der Waals surface area contributed by atoms with Crippen LogP contribution in [0.15, 0.2) is 36.4 Å². The number of rotatable bonds is 3. The summed E-state index contributed by atoms with van der Waals surface area (Å²) in [5.74, 6) is -0.912. The Balaban J connectivity index is 2.05. The number of fused-ring (bicyclic) bond motifs is 1. The van der Waals surface area contributed by atoms with Crippen LogP contribution in [0.5, 0.6) is 0 Å². The molecule has 27 heavy (non-hydrogen) atoms. The van der Waals surface area contributed by atoms with E-state index in [9.17, 15) is 4.79 Å². The topological polar surface area (TPSA) is 37.3 Å². The molecule has 0 saturated carbocycles. The van der Waals surface area contributed by atoms with E-state index in [4.69, 9.17) is 16.7 Å². The van der Waals surface area contributed by atoms with Crippen LogP contribution in [-0.4, -0.2) is 11.1 Å². The van der Waals surface area contributed by atoms with Crippen LogP contribution in [0.1, 0.15) is 80.1 Å². The van der Waals surface area contributed by atoms with Gasteiger partial charge in [0, 0.05) is 5.02 Å². The van der Waals surface area contributed by atoms with Crippen molar-refractivity contribution in [3.63, 3.8) is 0 Å². The van der Waals surface area contributed by atoms with Gasteiger partial charge >= 0.3 is 5.97 Å². The summed E-state index contributed by atoms with van der Waals surface area (Å²) in [5, 5.41) is 9.82. The second-order valence-corrected chi connectivity index (χ2v) is 9.31. The number of carbonyl (C=O) groups is 1. The smallest absolute Gasteiger partial charge is 0.335 e. The Labute approximate surface area is 166 Å². The van der Waals surface area contributed by atoms with Crippen LogP contribution in [0.25, 0.3) is 11.6 Å². The van der Waals surface area contributed by atoms with Crippen molar-refractivity contribution in [3.8, 4) is 0 Å². The van der Waals surface area contributed by atoms with Crippen LogP contribution in [0.2, 0.25) is 5.02 Å².